The Morgan fingerprint density at radius 3 is 2.23 bits per heavy atom. The number of piperazine rings is 1. The van der Waals surface area contributed by atoms with E-state index in [-0.39, 0.29) is 5.91 Å². The van der Waals surface area contributed by atoms with Gasteiger partial charge in [0.15, 0.2) is 0 Å². The van der Waals surface area contributed by atoms with Gasteiger partial charge in [-0.15, -0.1) is 0 Å². The summed E-state index contributed by atoms with van der Waals surface area (Å²) < 4.78 is 0. The van der Waals surface area contributed by atoms with E-state index < -0.39 is 0 Å². The van der Waals surface area contributed by atoms with Gasteiger partial charge in [-0.05, 0) is 31.9 Å². The summed E-state index contributed by atoms with van der Waals surface area (Å²) in [6.07, 6.45) is 5.79. The van der Waals surface area contributed by atoms with Crippen LogP contribution in [0.4, 0.5) is 11.9 Å². The van der Waals surface area contributed by atoms with E-state index in [1.54, 1.807) is 24.5 Å². The van der Waals surface area contributed by atoms with Crippen LogP contribution in [0.25, 0.3) is 0 Å². The Balaban J connectivity index is 1.45. The summed E-state index contributed by atoms with van der Waals surface area (Å²) in [5.41, 5.74) is 1.32. The van der Waals surface area contributed by atoms with Crippen molar-refractivity contribution in [2.24, 2.45) is 0 Å². The van der Waals surface area contributed by atoms with Crippen molar-refractivity contribution in [2.45, 2.75) is 19.8 Å². The molecule has 4 heterocycles. The molecule has 1 amide bonds. The molecule has 0 unspecified atom stereocenters. The molecule has 0 aromatic carbocycles. The van der Waals surface area contributed by atoms with Crippen molar-refractivity contribution in [3.05, 3.63) is 35.9 Å². The van der Waals surface area contributed by atoms with Gasteiger partial charge >= 0.3 is 0 Å². The zero-order chi connectivity index (χ0) is 17.9. The van der Waals surface area contributed by atoms with Gasteiger partial charge in [0.05, 0.1) is 0 Å². The lowest BCUT2D eigenvalue weighted by atomic mass is 10.2. The van der Waals surface area contributed by atoms with Crippen molar-refractivity contribution < 1.29 is 4.79 Å². The second kappa shape index (κ2) is 7.23. The van der Waals surface area contributed by atoms with Gasteiger partial charge in [0, 0.05) is 57.4 Å². The average molecular weight is 353 g/mol. The number of amides is 1. The maximum atomic E-state index is 12.9. The highest BCUT2D eigenvalue weighted by Crippen LogP contribution is 2.18. The molecule has 2 aromatic heterocycles. The summed E-state index contributed by atoms with van der Waals surface area (Å²) in [5.74, 6) is 1.38. The van der Waals surface area contributed by atoms with Gasteiger partial charge in [-0.1, -0.05) is 0 Å². The number of aromatic nitrogens is 4. The number of nitrogens with zero attached hydrogens (tertiary/aromatic N) is 7. The lowest BCUT2D eigenvalue weighted by Gasteiger charge is -2.34. The first-order chi connectivity index (χ1) is 12.7. The van der Waals surface area contributed by atoms with E-state index in [9.17, 15) is 4.79 Å². The number of carbonyl (C=O) groups is 1. The largest absolute Gasteiger partial charge is 0.341 e. The minimum atomic E-state index is -0.0235. The van der Waals surface area contributed by atoms with Crippen LogP contribution in [0, 0.1) is 6.92 Å². The fourth-order valence-corrected chi connectivity index (χ4v) is 3.45. The average Bonchev–Trinajstić information content (AvgIpc) is 3.23. The van der Waals surface area contributed by atoms with Gasteiger partial charge in [0.1, 0.15) is 5.69 Å². The summed E-state index contributed by atoms with van der Waals surface area (Å²) >= 11 is 0. The summed E-state index contributed by atoms with van der Waals surface area (Å²) in [4.78, 5) is 36.7. The molecule has 0 N–H and O–H groups in total. The van der Waals surface area contributed by atoms with Crippen molar-refractivity contribution in [3.63, 3.8) is 0 Å². The molecule has 0 spiro atoms. The third-order valence-corrected chi connectivity index (χ3v) is 4.85. The molecule has 0 aliphatic carbocycles. The number of hydrogen-bond acceptors (Lipinski definition) is 7. The van der Waals surface area contributed by atoms with E-state index in [4.69, 9.17) is 0 Å². The molecule has 0 saturated carbocycles. The van der Waals surface area contributed by atoms with Crippen LogP contribution < -0.4 is 9.80 Å². The van der Waals surface area contributed by atoms with Crippen LogP contribution in [0.1, 0.15) is 29.0 Å². The number of anilines is 2. The lowest BCUT2D eigenvalue weighted by Crippen LogP contribution is -2.49. The number of aryl methyl sites for hydroxylation is 1. The van der Waals surface area contributed by atoms with E-state index in [0.29, 0.717) is 30.7 Å². The zero-order valence-corrected chi connectivity index (χ0v) is 15.0. The summed E-state index contributed by atoms with van der Waals surface area (Å²) in [7, 11) is 0. The van der Waals surface area contributed by atoms with Crippen LogP contribution >= 0.6 is 0 Å². The summed E-state index contributed by atoms with van der Waals surface area (Å²) in [6.45, 7) is 6.57. The molecule has 2 aliphatic heterocycles. The van der Waals surface area contributed by atoms with Gasteiger partial charge in [-0.3, -0.25) is 4.79 Å². The van der Waals surface area contributed by atoms with Gasteiger partial charge in [0.2, 0.25) is 11.9 Å². The van der Waals surface area contributed by atoms with Crippen LogP contribution in [0.3, 0.4) is 0 Å². The Labute approximate surface area is 152 Å². The summed E-state index contributed by atoms with van der Waals surface area (Å²) in [5, 5.41) is 0. The van der Waals surface area contributed by atoms with Crippen molar-refractivity contribution >= 4 is 17.8 Å². The fourth-order valence-electron chi connectivity index (χ4n) is 3.45. The molecule has 2 aromatic rings. The number of rotatable bonds is 3. The van der Waals surface area contributed by atoms with Crippen molar-refractivity contribution in [1.29, 1.82) is 0 Å². The molecule has 0 bridgehead atoms. The minimum Gasteiger partial charge on any atom is -0.341 e. The molecule has 8 heteroatoms. The molecule has 0 radical (unpaired) electrons. The Morgan fingerprint density at radius 1 is 0.885 bits per heavy atom. The first-order valence-electron chi connectivity index (χ1n) is 9.12. The van der Waals surface area contributed by atoms with E-state index >= 15 is 0 Å². The van der Waals surface area contributed by atoms with E-state index in [0.717, 1.165) is 44.7 Å². The number of hydrogen-bond donors (Lipinski definition) is 0. The van der Waals surface area contributed by atoms with E-state index in [1.807, 2.05) is 11.8 Å². The van der Waals surface area contributed by atoms with Gasteiger partial charge in [-0.2, -0.15) is 0 Å². The summed E-state index contributed by atoms with van der Waals surface area (Å²) in [6, 6.07) is 3.59. The third kappa shape index (κ3) is 3.44. The molecule has 2 fully saturated rings. The highest BCUT2D eigenvalue weighted by atomic mass is 16.2. The molecular formula is C18H23N7O. The SMILES string of the molecule is Cc1cc(C(=O)N2CCN(c3ncccn3)CC2)nc(N2CCCC2)n1. The quantitative estimate of drug-likeness (QED) is 0.819. The second-order valence-corrected chi connectivity index (χ2v) is 6.72. The highest BCUT2D eigenvalue weighted by molar-refractivity contribution is 5.92. The maximum absolute atomic E-state index is 12.9. The van der Waals surface area contributed by atoms with Crippen LogP contribution in [0.2, 0.25) is 0 Å². The van der Waals surface area contributed by atoms with Crippen LogP contribution in [-0.4, -0.2) is 70.0 Å². The van der Waals surface area contributed by atoms with E-state index in [2.05, 4.69) is 29.7 Å². The number of carbonyl (C=O) groups excluding carboxylic acids is 1. The van der Waals surface area contributed by atoms with Crippen molar-refractivity contribution in [2.75, 3.05) is 49.1 Å². The minimum absolute atomic E-state index is 0.0235. The first-order valence-corrected chi connectivity index (χ1v) is 9.12. The normalized spacial score (nSPS) is 17.7. The Bertz CT molecular complexity index is 768. The molecule has 2 saturated heterocycles. The van der Waals surface area contributed by atoms with Crippen LogP contribution in [0.15, 0.2) is 24.5 Å². The smallest absolute Gasteiger partial charge is 0.272 e. The zero-order valence-electron chi connectivity index (χ0n) is 15.0. The Kier molecular flexibility index (Phi) is 4.64. The van der Waals surface area contributed by atoms with Crippen molar-refractivity contribution in [3.8, 4) is 0 Å². The second-order valence-electron chi connectivity index (χ2n) is 6.72. The molecular weight excluding hydrogens is 330 g/mol. The Morgan fingerprint density at radius 2 is 1.54 bits per heavy atom. The first kappa shape index (κ1) is 16.7. The molecule has 8 nitrogen and oxygen atoms in total. The highest BCUT2D eigenvalue weighted by Gasteiger charge is 2.25. The monoisotopic (exact) mass is 353 g/mol. The van der Waals surface area contributed by atoms with Crippen molar-refractivity contribution in [1.82, 2.24) is 24.8 Å². The van der Waals surface area contributed by atoms with Crippen LogP contribution in [-0.2, 0) is 0 Å². The fraction of sp³-hybridized carbons (Fsp3) is 0.500. The van der Waals surface area contributed by atoms with Crippen LogP contribution in [0.5, 0.6) is 0 Å². The third-order valence-electron chi connectivity index (χ3n) is 4.85. The molecule has 2 aliphatic rings. The standard InChI is InChI=1S/C18H23N7O/c1-14-13-15(22-18(21-14)24-7-2-3-8-24)16(26)23-9-11-25(12-10-23)17-19-5-4-6-20-17/h4-6,13H,2-3,7-12H2,1H3. The lowest BCUT2D eigenvalue weighted by molar-refractivity contribution is 0.0740. The predicted octanol–water partition coefficient (Wildman–Crippen LogP) is 1.14. The molecule has 136 valence electrons. The molecule has 4 rings (SSSR count). The van der Waals surface area contributed by atoms with E-state index in [1.165, 1.54) is 0 Å². The van der Waals surface area contributed by atoms with Gasteiger partial charge in [-0.25, -0.2) is 19.9 Å². The predicted molar refractivity (Wildman–Crippen MR) is 98.4 cm³/mol. The topological polar surface area (TPSA) is 78.4 Å². The molecule has 26 heavy (non-hydrogen) atoms. The van der Waals surface area contributed by atoms with Gasteiger partial charge < -0.3 is 14.7 Å². The molecule has 0 atom stereocenters. The Hall–Kier alpha value is -2.77. The maximum Gasteiger partial charge on any atom is 0.272 e. The van der Waals surface area contributed by atoms with Gasteiger partial charge in [0.25, 0.3) is 5.91 Å².